The largest absolute Gasteiger partial charge is 0.373 e. The van der Waals surface area contributed by atoms with Gasteiger partial charge in [-0.25, -0.2) is 4.39 Å². The number of nitrogens with two attached hydrogens (primary N) is 1. The third-order valence-electron chi connectivity index (χ3n) is 3.63. The van der Waals surface area contributed by atoms with Gasteiger partial charge in [-0.15, -0.1) is 0 Å². The number of nitrogens with zero attached hydrogens (tertiary/aromatic N) is 4. The van der Waals surface area contributed by atoms with Crippen LogP contribution >= 0.6 is 0 Å². The molecule has 2 heterocycles. The van der Waals surface area contributed by atoms with Crippen molar-refractivity contribution in [2.75, 3.05) is 29.9 Å². The van der Waals surface area contributed by atoms with E-state index in [0.717, 1.165) is 30.9 Å². The summed E-state index contributed by atoms with van der Waals surface area (Å²) in [6, 6.07) is 4.85. The smallest absolute Gasteiger partial charge is 0.240 e. The predicted molar refractivity (Wildman–Crippen MR) is 77.5 cm³/mol. The number of halogens is 1. The van der Waals surface area contributed by atoms with Crippen LogP contribution in [0.2, 0.25) is 0 Å². The maximum atomic E-state index is 13.6. The van der Waals surface area contributed by atoms with E-state index in [-0.39, 0.29) is 12.4 Å². The maximum Gasteiger partial charge on any atom is 0.240 e. The second-order valence-electron chi connectivity index (χ2n) is 5.14. The van der Waals surface area contributed by atoms with Crippen LogP contribution in [0.1, 0.15) is 18.1 Å². The Hall–Kier alpha value is -2.15. The Morgan fingerprint density at radius 1 is 1.33 bits per heavy atom. The summed E-state index contributed by atoms with van der Waals surface area (Å²) in [5.74, 6) is 0.733. The van der Waals surface area contributed by atoms with Gasteiger partial charge in [0, 0.05) is 20.1 Å². The summed E-state index contributed by atoms with van der Waals surface area (Å²) < 4.78 is 18.6. The van der Waals surface area contributed by atoms with E-state index in [1.807, 2.05) is 13.1 Å². The third kappa shape index (κ3) is 2.82. The molecule has 0 aliphatic carbocycles. The molecule has 3 rings (SSSR count). The standard InChI is InChI=1S/C14H18FN5O/c1-19-5-2-6-20(9-13-17-14(8-16)21-18-13)12-7-10(15)3-4-11(12)19/h3-4,7H,2,5-6,8-9,16H2,1H3. The molecule has 0 spiro atoms. The van der Waals surface area contributed by atoms with Gasteiger partial charge < -0.3 is 20.1 Å². The van der Waals surface area contributed by atoms with Gasteiger partial charge in [0.05, 0.1) is 24.5 Å². The minimum atomic E-state index is -0.246. The molecule has 0 saturated carbocycles. The summed E-state index contributed by atoms with van der Waals surface area (Å²) in [5, 5.41) is 3.91. The highest BCUT2D eigenvalue weighted by Crippen LogP contribution is 2.32. The van der Waals surface area contributed by atoms with Gasteiger partial charge in [-0.05, 0) is 24.6 Å². The van der Waals surface area contributed by atoms with Crippen LogP contribution in [0.3, 0.4) is 0 Å². The van der Waals surface area contributed by atoms with E-state index < -0.39 is 0 Å². The molecule has 1 aliphatic heterocycles. The first-order chi connectivity index (χ1) is 10.2. The Labute approximate surface area is 122 Å². The zero-order chi connectivity index (χ0) is 14.8. The Morgan fingerprint density at radius 3 is 2.95 bits per heavy atom. The SMILES string of the molecule is CN1CCCN(Cc2noc(CN)n2)c2cc(F)ccc21. The Balaban J connectivity index is 1.91. The van der Waals surface area contributed by atoms with Crippen molar-refractivity contribution >= 4 is 11.4 Å². The lowest BCUT2D eigenvalue weighted by Gasteiger charge is -2.24. The zero-order valence-electron chi connectivity index (χ0n) is 11.9. The minimum absolute atomic E-state index is 0.223. The van der Waals surface area contributed by atoms with Crippen LogP contribution in [-0.4, -0.2) is 30.3 Å². The molecule has 1 aromatic carbocycles. The van der Waals surface area contributed by atoms with Crippen molar-refractivity contribution in [3.05, 3.63) is 35.7 Å². The van der Waals surface area contributed by atoms with Crippen molar-refractivity contribution in [2.45, 2.75) is 19.5 Å². The van der Waals surface area contributed by atoms with E-state index in [1.54, 1.807) is 6.07 Å². The average molecular weight is 291 g/mol. The minimum Gasteiger partial charge on any atom is -0.373 e. The fraction of sp³-hybridized carbons (Fsp3) is 0.429. The summed E-state index contributed by atoms with van der Waals surface area (Å²) in [6.45, 7) is 2.44. The van der Waals surface area contributed by atoms with E-state index in [0.29, 0.717) is 18.3 Å². The van der Waals surface area contributed by atoms with E-state index in [9.17, 15) is 4.39 Å². The van der Waals surface area contributed by atoms with E-state index in [1.165, 1.54) is 6.07 Å². The van der Waals surface area contributed by atoms with Crippen molar-refractivity contribution in [1.29, 1.82) is 0 Å². The number of anilines is 2. The van der Waals surface area contributed by atoms with Gasteiger partial charge in [-0.1, -0.05) is 5.16 Å². The van der Waals surface area contributed by atoms with E-state index >= 15 is 0 Å². The van der Waals surface area contributed by atoms with Crippen molar-refractivity contribution in [1.82, 2.24) is 10.1 Å². The van der Waals surface area contributed by atoms with Crippen LogP contribution in [0, 0.1) is 5.82 Å². The van der Waals surface area contributed by atoms with Crippen LogP contribution in [0.4, 0.5) is 15.8 Å². The third-order valence-corrected chi connectivity index (χ3v) is 3.63. The number of hydrogen-bond donors (Lipinski definition) is 1. The first-order valence-corrected chi connectivity index (χ1v) is 6.94. The molecule has 21 heavy (non-hydrogen) atoms. The number of rotatable bonds is 3. The lowest BCUT2D eigenvalue weighted by Crippen LogP contribution is -2.24. The predicted octanol–water partition coefficient (Wildman–Crippen LogP) is 1.51. The van der Waals surface area contributed by atoms with Gasteiger partial charge in [-0.2, -0.15) is 4.98 Å². The fourth-order valence-electron chi connectivity index (χ4n) is 2.58. The first kappa shape index (κ1) is 13.8. The molecule has 112 valence electrons. The van der Waals surface area contributed by atoms with Gasteiger partial charge in [0.1, 0.15) is 5.82 Å². The summed E-state index contributed by atoms with van der Waals surface area (Å²) in [5.41, 5.74) is 7.34. The van der Waals surface area contributed by atoms with Crippen molar-refractivity contribution in [2.24, 2.45) is 5.73 Å². The summed E-state index contributed by atoms with van der Waals surface area (Å²) >= 11 is 0. The molecular formula is C14H18FN5O. The van der Waals surface area contributed by atoms with Crippen LogP contribution in [0.15, 0.2) is 22.7 Å². The molecule has 1 aliphatic rings. The molecule has 0 atom stereocenters. The second kappa shape index (κ2) is 5.69. The van der Waals surface area contributed by atoms with Crippen molar-refractivity contribution in [3.63, 3.8) is 0 Å². The van der Waals surface area contributed by atoms with Gasteiger partial charge in [0.25, 0.3) is 0 Å². The van der Waals surface area contributed by atoms with Crippen molar-refractivity contribution < 1.29 is 8.91 Å². The highest BCUT2D eigenvalue weighted by molar-refractivity contribution is 5.71. The van der Waals surface area contributed by atoms with E-state index in [2.05, 4.69) is 19.9 Å². The molecule has 0 unspecified atom stereocenters. The quantitative estimate of drug-likeness (QED) is 0.924. The molecule has 7 heteroatoms. The molecule has 0 radical (unpaired) electrons. The van der Waals surface area contributed by atoms with Crippen LogP contribution in [0.5, 0.6) is 0 Å². The number of hydrogen-bond acceptors (Lipinski definition) is 6. The monoisotopic (exact) mass is 291 g/mol. The molecule has 0 amide bonds. The highest BCUT2D eigenvalue weighted by Gasteiger charge is 2.20. The van der Waals surface area contributed by atoms with Crippen molar-refractivity contribution in [3.8, 4) is 0 Å². The van der Waals surface area contributed by atoms with E-state index in [4.69, 9.17) is 10.3 Å². The van der Waals surface area contributed by atoms with Gasteiger partial charge in [-0.3, -0.25) is 0 Å². The average Bonchev–Trinajstić information content (AvgIpc) is 2.87. The summed E-state index contributed by atoms with van der Waals surface area (Å²) in [4.78, 5) is 8.43. The highest BCUT2D eigenvalue weighted by atomic mass is 19.1. The topological polar surface area (TPSA) is 71.4 Å². The van der Waals surface area contributed by atoms with Gasteiger partial charge in [0.2, 0.25) is 5.89 Å². The van der Waals surface area contributed by atoms with Crippen LogP contribution in [-0.2, 0) is 13.1 Å². The first-order valence-electron chi connectivity index (χ1n) is 6.94. The normalized spacial score (nSPS) is 15.0. The lowest BCUT2D eigenvalue weighted by molar-refractivity contribution is 0.374. The number of fused-ring (bicyclic) bond motifs is 1. The van der Waals surface area contributed by atoms with Crippen LogP contribution in [0.25, 0.3) is 0 Å². The number of benzene rings is 1. The molecule has 1 aromatic heterocycles. The molecule has 0 fully saturated rings. The molecule has 6 nitrogen and oxygen atoms in total. The molecule has 2 N–H and O–H groups in total. The fourth-order valence-corrected chi connectivity index (χ4v) is 2.58. The Morgan fingerprint density at radius 2 is 2.19 bits per heavy atom. The Bertz CT molecular complexity index is 630. The maximum absolute atomic E-state index is 13.6. The summed E-state index contributed by atoms with van der Waals surface area (Å²) in [6.07, 6.45) is 0.981. The van der Waals surface area contributed by atoms with Crippen LogP contribution < -0.4 is 15.5 Å². The second-order valence-corrected chi connectivity index (χ2v) is 5.14. The summed E-state index contributed by atoms with van der Waals surface area (Å²) in [7, 11) is 2.01. The lowest BCUT2D eigenvalue weighted by atomic mass is 10.2. The zero-order valence-corrected chi connectivity index (χ0v) is 11.9. The van der Waals surface area contributed by atoms with Gasteiger partial charge in [0.15, 0.2) is 5.82 Å². The molecular weight excluding hydrogens is 273 g/mol. The molecule has 0 bridgehead atoms. The van der Waals surface area contributed by atoms with Gasteiger partial charge >= 0.3 is 0 Å². The number of aromatic nitrogens is 2. The molecule has 0 saturated heterocycles. The Kier molecular flexibility index (Phi) is 3.74. The molecule has 2 aromatic rings.